The summed E-state index contributed by atoms with van der Waals surface area (Å²) < 4.78 is 19.6. The van der Waals surface area contributed by atoms with E-state index in [4.69, 9.17) is 4.74 Å². The average molecular weight is 259 g/mol. The Hall–Kier alpha value is -1.87. The molecule has 0 unspecified atom stereocenters. The lowest BCUT2D eigenvalue weighted by molar-refractivity contribution is 0.461. The Kier molecular flexibility index (Phi) is 4.17. The Morgan fingerprint density at radius 3 is 2.58 bits per heavy atom. The zero-order valence-electron chi connectivity index (χ0n) is 11.5. The van der Waals surface area contributed by atoms with E-state index >= 15 is 0 Å². The molecule has 0 atom stereocenters. The molecule has 2 nitrogen and oxygen atoms in total. The van der Waals surface area contributed by atoms with E-state index in [-0.39, 0.29) is 5.82 Å². The van der Waals surface area contributed by atoms with Crippen LogP contribution < -0.4 is 10.1 Å². The van der Waals surface area contributed by atoms with Crippen LogP contribution in [0.4, 0.5) is 4.39 Å². The van der Waals surface area contributed by atoms with Crippen LogP contribution in [0.1, 0.15) is 16.7 Å². The highest BCUT2D eigenvalue weighted by molar-refractivity contribution is 5.42. The van der Waals surface area contributed by atoms with Crippen LogP contribution in [-0.2, 0) is 6.54 Å². The zero-order chi connectivity index (χ0) is 13.8. The van der Waals surface area contributed by atoms with Gasteiger partial charge in [0.05, 0.1) is 0 Å². The van der Waals surface area contributed by atoms with E-state index in [2.05, 4.69) is 5.32 Å². The number of nitrogens with one attached hydrogen (secondary N) is 1. The molecule has 0 heterocycles. The lowest BCUT2D eigenvalue weighted by atomic mass is 10.1. The molecule has 0 fully saturated rings. The molecule has 0 saturated heterocycles. The first-order valence-electron chi connectivity index (χ1n) is 6.29. The first-order chi connectivity index (χ1) is 9.11. The lowest BCUT2D eigenvalue weighted by Crippen LogP contribution is -2.08. The number of aryl methyl sites for hydroxylation is 2. The summed E-state index contributed by atoms with van der Waals surface area (Å²) in [5.74, 6) is 1.06. The highest BCUT2D eigenvalue weighted by atomic mass is 19.1. The largest absolute Gasteiger partial charge is 0.457 e. The molecule has 1 N–H and O–H groups in total. The third kappa shape index (κ3) is 3.12. The van der Waals surface area contributed by atoms with Gasteiger partial charge in [0.1, 0.15) is 17.3 Å². The first kappa shape index (κ1) is 13.6. The summed E-state index contributed by atoms with van der Waals surface area (Å²) in [7, 11) is 1.79. The normalized spacial score (nSPS) is 10.5. The fraction of sp³-hybridized carbons (Fsp3) is 0.250. The monoisotopic (exact) mass is 259 g/mol. The lowest BCUT2D eigenvalue weighted by Gasteiger charge is -2.13. The number of hydrogen-bond acceptors (Lipinski definition) is 2. The van der Waals surface area contributed by atoms with Crippen molar-refractivity contribution in [3.63, 3.8) is 0 Å². The minimum atomic E-state index is -0.253. The molecule has 0 aliphatic heterocycles. The Bertz CT molecular complexity index is 581. The van der Waals surface area contributed by atoms with Crippen molar-refractivity contribution >= 4 is 0 Å². The van der Waals surface area contributed by atoms with Crippen LogP contribution >= 0.6 is 0 Å². The van der Waals surface area contributed by atoms with Gasteiger partial charge in [-0.2, -0.15) is 0 Å². The Labute approximate surface area is 113 Å². The van der Waals surface area contributed by atoms with E-state index < -0.39 is 0 Å². The second kappa shape index (κ2) is 5.85. The summed E-state index contributed by atoms with van der Waals surface area (Å²) in [5.41, 5.74) is 2.77. The van der Waals surface area contributed by atoms with Gasteiger partial charge < -0.3 is 10.1 Å². The Morgan fingerprint density at radius 2 is 1.89 bits per heavy atom. The van der Waals surface area contributed by atoms with Crippen LogP contribution in [0.2, 0.25) is 0 Å². The summed E-state index contributed by atoms with van der Waals surface area (Å²) in [5, 5.41) is 2.95. The number of rotatable bonds is 4. The molecule has 19 heavy (non-hydrogen) atoms. The number of benzene rings is 2. The van der Waals surface area contributed by atoms with Crippen LogP contribution in [0.3, 0.4) is 0 Å². The molecule has 100 valence electrons. The molecular formula is C16H18FNO. The predicted octanol–water partition coefficient (Wildman–Crippen LogP) is 3.95. The summed E-state index contributed by atoms with van der Waals surface area (Å²) in [4.78, 5) is 0. The van der Waals surface area contributed by atoms with Crippen molar-refractivity contribution in [1.82, 2.24) is 5.32 Å². The molecule has 2 rings (SSSR count). The maximum Gasteiger partial charge on any atom is 0.134 e. The maximum absolute atomic E-state index is 13.8. The molecule has 0 saturated carbocycles. The molecular weight excluding hydrogens is 241 g/mol. The zero-order valence-corrected chi connectivity index (χ0v) is 11.5. The van der Waals surface area contributed by atoms with Gasteiger partial charge in [-0.25, -0.2) is 4.39 Å². The van der Waals surface area contributed by atoms with Crippen molar-refractivity contribution in [2.45, 2.75) is 20.4 Å². The highest BCUT2D eigenvalue weighted by Gasteiger charge is 2.10. The maximum atomic E-state index is 13.8. The van der Waals surface area contributed by atoms with E-state index in [1.807, 2.05) is 32.0 Å². The summed E-state index contributed by atoms with van der Waals surface area (Å²) in [6, 6.07) is 10.8. The highest BCUT2D eigenvalue weighted by Crippen LogP contribution is 2.29. The number of halogens is 1. The van der Waals surface area contributed by atoms with Gasteiger partial charge in [0.15, 0.2) is 0 Å². The van der Waals surface area contributed by atoms with Gasteiger partial charge in [-0.1, -0.05) is 23.8 Å². The van der Waals surface area contributed by atoms with Crippen LogP contribution in [0.15, 0.2) is 36.4 Å². The van der Waals surface area contributed by atoms with Crippen molar-refractivity contribution in [3.05, 3.63) is 58.9 Å². The van der Waals surface area contributed by atoms with Gasteiger partial charge in [0.2, 0.25) is 0 Å². The van der Waals surface area contributed by atoms with Gasteiger partial charge in [-0.15, -0.1) is 0 Å². The third-order valence-electron chi connectivity index (χ3n) is 2.98. The number of ether oxygens (including phenoxy) is 1. The second-order valence-corrected chi connectivity index (χ2v) is 4.62. The summed E-state index contributed by atoms with van der Waals surface area (Å²) >= 11 is 0. The van der Waals surface area contributed by atoms with E-state index in [1.54, 1.807) is 19.2 Å². The molecule has 0 radical (unpaired) electrons. The smallest absolute Gasteiger partial charge is 0.134 e. The Morgan fingerprint density at radius 1 is 1.11 bits per heavy atom. The molecule has 0 aromatic heterocycles. The quantitative estimate of drug-likeness (QED) is 0.897. The second-order valence-electron chi connectivity index (χ2n) is 4.62. The van der Waals surface area contributed by atoms with Crippen LogP contribution in [0, 0.1) is 19.7 Å². The minimum Gasteiger partial charge on any atom is -0.457 e. The minimum absolute atomic E-state index is 0.253. The van der Waals surface area contributed by atoms with Crippen molar-refractivity contribution in [1.29, 1.82) is 0 Å². The molecule has 3 heteroatoms. The fourth-order valence-corrected chi connectivity index (χ4v) is 2.02. The van der Waals surface area contributed by atoms with Gasteiger partial charge in [0, 0.05) is 12.1 Å². The van der Waals surface area contributed by atoms with E-state index in [9.17, 15) is 4.39 Å². The molecule has 0 aliphatic rings. The van der Waals surface area contributed by atoms with Crippen LogP contribution in [0.25, 0.3) is 0 Å². The molecule has 0 bridgehead atoms. The van der Waals surface area contributed by atoms with E-state index in [0.29, 0.717) is 17.9 Å². The number of hydrogen-bond donors (Lipinski definition) is 1. The topological polar surface area (TPSA) is 21.3 Å². The third-order valence-corrected chi connectivity index (χ3v) is 2.98. The van der Waals surface area contributed by atoms with Gasteiger partial charge in [-0.05, 0) is 44.7 Å². The van der Waals surface area contributed by atoms with E-state index in [0.717, 1.165) is 11.3 Å². The van der Waals surface area contributed by atoms with Crippen molar-refractivity contribution in [3.8, 4) is 11.5 Å². The average Bonchev–Trinajstić information content (AvgIpc) is 2.37. The van der Waals surface area contributed by atoms with E-state index in [1.165, 1.54) is 11.6 Å². The Balaban J connectivity index is 2.35. The van der Waals surface area contributed by atoms with Gasteiger partial charge in [0.25, 0.3) is 0 Å². The molecule has 2 aromatic carbocycles. The molecule has 0 spiro atoms. The van der Waals surface area contributed by atoms with Gasteiger partial charge >= 0.3 is 0 Å². The summed E-state index contributed by atoms with van der Waals surface area (Å²) in [6.45, 7) is 4.46. The fourth-order valence-electron chi connectivity index (χ4n) is 2.02. The molecule has 0 amide bonds. The standard InChI is InChI=1S/C16H18FNO/c1-11-7-8-15(12(2)9-11)19-16-6-4-5-14(17)13(16)10-18-3/h4-9,18H,10H2,1-3H3. The van der Waals surface area contributed by atoms with Crippen LogP contribution in [0.5, 0.6) is 11.5 Å². The van der Waals surface area contributed by atoms with Crippen LogP contribution in [-0.4, -0.2) is 7.05 Å². The van der Waals surface area contributed by atoms with Gasteiger partial charge in [-0.3, -0.25) is 0 Å². The van der Waals surface area contributed by atoms with Crippen molar-refractivity contribution in [2.75, 3.05) is 7.05 Å². The summed E-state index contributed by atoms with van der Waals surface area (Å²) in [6.07, 6.45) is 0. The SMILES string of the molecule is CNCc1c(F)cccc1Oc1ccc(C)cc1C. The molecule has 2 aromatic rings. The predicted molar refractivity (Wildman–Crippen MR) is 75.2 cm³/mol. The molecule has 0 aliphatic carbocycles. The first-order valence-corrected chi connectivity index (χ1v) is 6.29. The van der Waals surface area contributed by atoms with Crippen molar-refractivity contribution < 1.29 is 9.13 Å². The van der Waals surface area contributed by atoms with Crippen molar-refractivity contribution in [2.24, 2.45) is 0 Å².